The summed E-state index contributed by atoms with van der Waals surface area (Å²) < 4.78 is 10.9. The molecule has 128 valence electrons. The number of ether oxygens (including phenoxy) is 2. The van der Waals surface area contributed by atoms with E-state index >= 15 is 0 Å². The van der Waals surface area contributed by atoms with Crippen LogP contribution in [0.15, 0.2) is 42.5 Å². The van der Waals surface area contributed by atoms with E-state index in [1.54, 1.807) is 14.2 Å². The summed E-state index contributed by atoms with van der Waals surface area (Å²) in [4.78, 5) is 2.23. The van der Waals surface area contributed by atoms with Gasteiger partial charge in [-0.25, -0.2) is 0 Å². The first-order valence-electron chi connectivity index (χ1n) is 8.18. The molecule has 0 bridgehead atoms. The number of fused-ring (bicyclic) bond motifs is 1. The summed E-state index contributed by atoms with van der Waals surface area (Å²) in [5.74, 6) is 1.38. The van der Waals surface area contributed by atoms with Gasteiger partial charge in [-0.3, -0.25) is 0 Å². The van der Waals surface area contributed by atoms with Crippen molar-refractivity contribution in [2.45, 2.75) is 25.0 Å². The maximum Gasteiger partial charge on any atom is 0.161 e. The van der Waals surface area contributed by atoms with Crippen LogP contribution in [0.25, 0.3) is 0 Å². The van der Waals surface area contributed by atoms with E-state index in [0.29, 0.717) is 5.75 Å². The van der Waals surface area contributed by atoms with Gasteiger partial charge in [-0.15, -0.1) is 0 Å². The highest BCUT2D eigenvalue weighted by atomic mass is 16.5. The van der Waals surface area contributed by atoms with Crippen molar-refractivity contribution >= 4 is 0 Å². The molecule has 1 aliphatic heterocycles. The van der Waals surface area contributed by atoms with Gasteiger partial charge in [0.25, 0.3) is 0 Å². The minimum Gasteiger partial charge on any atom is -0.493 e. The van der Waals surface area contributed by atoms with E-state index in [2.05, 4.69) is 11.9 Å². The van der Waals surface area contributed by atoms with Gasteiger partial charge in [0, 0.05) is 19.0 Å². The van der Waals surface area contributed by atoms with Gasteiger partial charge in [-0.1, -0.05) is 30.3 Å². The normalized spacial score (nSPS) is 20.1. The summed E-state index contributed by atoms with van der Waals surface area (Å²) in [6.45, 7) is 3.51. The first kappa shape index (κ1) is 16.8. The number of methoxy groups -OCH3 is 2. The van der Waals surface area contributed by atoms with Crippen LogP contribution in [0.4, 0.5) is 0 Å². The topological polar surface area (TPSA) is 41.9 Å². The molecule has 2 aromatic rings. The van der Waals surface area contributed by atoms with Gasteiger partial charge < -0.3 is 19.5 Å². The lowest BCUT2D eigenvalue weighted by Crippen LogP contribution is -2.41. The van der Waals surface area contributed by atoms with Crippen LogP contribution in [0.5, 0.6) is 11.5 Å². The standard InChI is InChI=1S/C20H25NO3/c1-20(22,15-8-6-5-7-9-15)17-13-21(2)12-14-10-18(23-3)19(24-4)11-16(14)17/h5-11,17,22H,12-13H2,1-4H3. The predicted molar refractivity (Wildman–Crippen MR) is 94.6 cm³/mol. The van der Waals surface area contributed by atoms with Gasteiger partial charge in [-0.2, -0.15) is 0 Å². The van der Waals surface area contributed by atoms with Crippen molar-refractivity contribution in [2.75, 3.05) is 27.8 Å². The molecule has 2 unspecified atom stereocenters. The Bertz CT molecular complexity index is 712. The van der Waals surface area contributed by atoms with Gasteiger partial charge in [0.1, 0.15) is 0 Å². The van der Waals surface area contributed by atoms with Crippen LogP contribution in [-0.4, -0.2) is 37.8 Å². The van der Waals surface area contributed by atoms with Crippen molar-refractivity contribution in [3.05, 3.63) is 59.2 Å². The van der Waals surface area contributed by atoms with E-state index in [-0.39, 0.29) is 5.92 Å². The molecule has 2 atom stereocenters. The van der Waals surface area contributed by atoms with Crippen molar-refractivity contribution in [1.82, 2.24) is 4.90 Å². The maximum absolute atomic E-state index is 11.4. The van der Waals surface area contributed by atoms with E-state index in [9.17, 15) is 5.11 Å². The van der Waals surface area contributed by atoms with E-state index in [1.165, 1.54) is 5.56 Å². The largest absolute Gasteiger partial charge is 0.493 e. The molecule has 0 spiro atoms. The highest BCUT2D eigenvalue weighted by molar-refractivity contribution is 5.50. The Morgan fingerprint density at radius 3 is 2.33 bits per heavy atom. The first-order valence-corrected chi connectivity index (χ1v) is 8.18. The molecular weight excluding hydrogens is 302 g/mol. The van der Waals surface area contributed by atoms with E-state index in [1.807, 2.05) is 49.4 Å². The highest BCUT2D eigenvalue weighted by Crippen LogP contribution is 2.44. The van der Waals surface area contributed by atoms with Crippen LogP contribution in [0.2, 0.25) is 0 Å². The fraction of sp³-hybridized carbons (Fsp3) is 0.400. The fourth-order valence-electron chi connectivity index (χ4n) is 3.62. The second kappa shape index (κ2) is 6.46. The van der Waals surface area contributed by atoms with E-state index in [0.717, 1.165) is 30.0 Å². The minimum atomic E-state index is -0.968. The molecule has 1 N–H and O–H groups in total. The zero-order chi connectivity index (χ0) is 17.3. The highest BCUT2D eigenvalue weighted by Gasteiger charge is 2.39. The molecule has 3 rings (SSSR count). The lowest BCUT2D eigenvalue weighted by atomic mass is 9.75. The quantitative estimate of drug-likeness (QED) is 0.937. The Labute approximate surface area is 143 Å². The van der Waals surface area contributed by atoms with Gasteiger partial charge >= 0.3 is 0 Å². The van der Waals surface area contributed by atoms with E-state index in [4.69, 9.17) is 9.47 Å². The second-order valence-corrected chi connectivity index (χ2v) is 6.67. The number of hydrogen-bond acceptors (Lipinski definition) is 4. The van der Waals surface area contributed by atoms with Gasteiger partial charge in [0.15, 0.2) is 11.5 Å². The number of hydrogen-bond donors (Lipinski definition) is 1. The summed E-state index contributed by atoms with van der Waals surface area (Å²) in [5.41, 5.74) is 2.25. The average molecular weight is 327 g/mol. The average Bonchev–Trinajstić information content (AvgIpc) is 2.60. The molecule has 2 aromatic carbocycles. The van der Waals surface area contributed by atoms with Crippen LogP contribution in [-0.2, 0) is 12.1 Å². The van der Waals surface area contributed by atoms with Crippen LogP contribution in [0.1, 0.15) is 29.5 Å². The number of benzene rings is 2. The molecule has 0 saturated carbocycles. The van der Waals surface area contributed by atoms with Crippen molar-refractivity contribution in [2.24, 2.45) is 0 Å². The third kappa shape index (κ3) is 2.87. The van der Waals surface area contributed by atoms with Crippen molar-refractivity contribution < 1.29 is 14.6 Å². The van der Waals surface area contributed by atoms with Gasteiger partial charge in [0.05, 0.1) is 19.8 Å². The van der Waals surface area contributed by atoms with Crippen LogP contribution in [0, 0.1) is 0 Å². The van der Waals surface area contributed by atoms with E-state index < -0.39 is 5.60 Å². The summed E-state index contributed by atoms with van der Waals surface area (Å²) in [6.07, 6.45) is 0. The third-order valence-electron chi connectivity index (χ3n) is 4.99. The Kier molecular flexibility index (Phi) is 4.52. The zero-order valence-electron chi connectivity index (χ0n) is 14.7. The lowest BCUT2D eigenvalue weighted by Gasteiger charge is -2.41. The lowest BCUT2D eigenvalue weighted by molar-refractivity contribution is 0.00968. The number of nitrogens with zero attached hydrogens (tertiary/aromatic N) is 1. The summed E-state index contributed by atoms with van der Waals surface area (Å²) >= 11 is 0. The Morgan fingerprint density at radius 1 is 1.08 bits per heavy atom. The second-order valence-electron chi connectivity index (χ2n) is 6.67. The van der Waals surface area contributed by atoms with Crippen molar-refractivity contribution in [3.8, 4) is 11.5 Å². The predicted octanol–water partition coefficient (Wildman–Crippen LogP) is 3.14. The zero-order valence-corrected chi connectivity index (χ0v) is 14.7. The number of likely N-dealkylation sites (N-methyl/N-ethyl adjacent to an activating group) is 1. The smallest absolute Gasteiger partial charge is 0.161 e. The van der Waals surface area contributed by atoms with Crippen molar-refractivity contribution in [1.29, 1.82) is 0 Å². The van der Waals surface area contributed by atoms with Gasteiger partial charge in [0.2, 0.25) is 0 Å². The summed E-state index contributed by atoms with van der Waals surface area (Å²) in [5, 5.41) is 11.4. The molecule has 0 aliphatic carbocycles. The molecular formula is C20H25NO3. The Balaban J connectivity index is 2.11. The number of aliphatic hydroxyl groups is 1. The molecule has 1 aliphatic rings. The molecule has 0 fully saturated rings. The third-order valence-corrected chi connectivity index (χ3v) is 4.99. The van der Waals surface area contributed by atoms with Gasteiger partial charge in [-0.05, 0) is 42.8 Å². The number of rotatable bonds is 4. The molecule has 1 heterocycles. The summed E-state index contributed by atoms with van der Waals surface area (Å²) in [6, 6.07) is 13.9. The minimum absolute atomic E-state index is 0.0477. The first-order chi connectivity index (χ1) is 11.5. The van der Waals surface area contributed by atoms with Crippen LogP contribution >= 0.6 is 0 Å². The maximum atomic E-state index is 11.4. The SMILES string of the molecule is COc1cc2c(cc1OC)C(C(C)(O)c1ccccc1)CN(C)C2. The molecule has 0 radical (unpaired) electrons. The monoisotopic (exact) mass is 327 g/mol. The summed E-state index contributed by atoms with van der Waals surface area (Å²) in [7, 11) is 5.37. The molecule has 4 heteroatoms. The molecule has 0 saturated heterocycles. The van der Waals surface area contributed by atoms with Crippen LogP contribution < -0.4 is 9.47 Å². The molecule has 0 aromatic heterocycles. The molecule has 0 amide bonds. The Morgan fingerprint density at radius 2 is 1.71 bits per heavy atom. The molecule has 24 heavy (non-hydrogen) atoms. The molecule has 4 nitrogen and oxygen atoms in total. The Hall–Kier alpha value is -2.04. The van der Waals surface area contributed by atoms with Crippen LogP contribution in [0.3, 0.4) is 0 Å². The van der Waals surface area contributed by atoms with Crippen molar-refractivity contribution in [3.63, 3.8) is 0 Å². The fourth-order valence-corrected chi connectivity index (χ4v) is 3.62.